The van der Waals surface area contributed by atoms with Crippen LogP contribution in [0.5, 0.6) is 0 Å². The molecule has 0 fully saturated rings. The number of fused-ring (bicyclic) bond motifs is 1. The van der Waals surface area contributed by atoms with Gasteiger partial charge >= 0.3 is 0 Å². The second-order valence-corrected chi connectivity index (χ2v) is 6.34. The van der Waals surface area contributed by atoms with Gasteiger partial charge in [-0.1, -0.05) is 53.6 Å². The third-order valence-corrected chi connectivity index (χ3v) is 4.63. The van der Waals surface area contributed by atoms with Crippen molar-refractivity contribution in [2.75, 3.05) is 6.54 Å². The van der Waals surface area contributed by atoms with Crippen LogP contribution in [0, 0.1) is 6.92 Å². The first-order valence-corrected chi connectivity index (χ1v) is 8.11. The summed E-state index contributed by atoms with van der Waals surface area (Å²) in [4.78, 5) is 14.4. The van der Waals surface area contributed by atoms with Gasteiger partial charge in [0.15, 0.2) is 0 Å². The van der Waals surface area contributed by atoms with E-state index in [1.54, 1.807) is 0 Å². The first-order chi connectivity index (χ1) is 10.6. The van der Waals surface area contributed by atoms with Gasteiger partial charge in [0, 0.05) is 24.5 Å². The smallest absolute Gasteiger partial charge is 0.223 e. The number of carbonyl (C=O) groups excluding carboxylic acids is 1. The fourth-order valence-electron chi connectivity index (χ4n) is 3.05. The Morgan fingerprint density at radius 1 is 1.23 bits per heavy atom. The van der Waals surface area contributed by atoms with Gasteiger partial charge in [-0.05, 0) is 42.5 Å². The molecule has 22 heavy (non-hydrogen) atoms. The minimum Gasteiger partial charge on any atom is -0.338 e. The van der Waals surface area contributed by atoms with Crippen molar-refractivity contribution in [2.24, 2.45) is 0 Å². The van der Waals surface area contributed by atoms with E-state index < -0.39 is 0 Å². The molecule has 2 aromatic rings. The first-order valence-electron chi connectivity index (χ1n) is 7.73. The highest BCUT2D eigenvalue weighted by Gasteiger charge is 2.21. The molecule has 3 heteroatoms. The van der Waals surface area contributed by atoms with E-state index in [0.717, 1.165) is 24.4 Å². The molecule has 3 rings (SSSR count). The average molecular weight is 314 g/mol. The summed E-state index contributed by atoms with van der Waals surface area (Å²) in [7, 11) is 0. The quantitative estimate of drug-likeness (QED) is 0.833. The molecule has 1 aliphatic heterocycles. The molecular weight excluding hydrogens is 294 g/mol. The summed E-state index contributed by atoms with van der Waals surface area (Å²) < 4.78 is 0. The number of hydrogen-bond donors (Lipinski definition) is 0. The van der Waals surface area contributed by atoms with Crippen LogP contribution in [-0.4, -0.2) is 17.4 Å². The van der Waals surface area contributed by atoms with E-state index in [4.69, 9.17) is 11.6 Å². The molecule has 0 radical (unpaired) electrons. The summed E-state index contributed by atoms with van der Waals surface area (Å²) in [5.41, 5.74) is 4.86. The van der Waals surface area contributed by atoms with Crippen molar-refractivity contribution in [3.63, 3.8) is 0 Å². The molecule has 0 aliphatic carbocycles. The zero-order valence-electron chi connectivity index (χ0n) is 12.8. The number of rotatable bonds is 3. The standard InChI is InChI=1S/C19H20ClNO/c1-14-4-2-5-15(12-14)8-9-19(22)21-11-10-17-16(13-21)6-3-7-18(17)20/h2-7,12H,8-11,13H2,1H3. The monoisotopic (exact) mass is 313 g/mol. The second kappa shape index (κ2) is 6.53. The molecule has 2 aromatic carbocycles. The van der Waals surface area contributed by atoms with Crippen LogP contribution in [0.15, 0.2) is 42.5 Å². The highest BCUT2D eigenvalue weighted by Crippen LogP contribution is 2.26. The first kappa shape index (κ1) is 15.1. The van der Waals surface area contributed by atoms with Crippen molar-refractivity contribution in [3.05, 3.63) is 69.7 Å². The van der Waals surface area contributed by atoms with Crippen molar-refractivity contribution in [1.29, 1.82) is 0 Å². The summed E-state index contributed by atoms with van der Waals surface area (Å²) in [5.74, 6) is 0.229. The highest BCUT2D eigenvalue weighted by molar-refractivity contribution is 6.31. The van der Waals surface area contributed by atoms with Gasteiger partial charge in [-0.3, -0.25) is 4.79 Å². The Morgan fingerprint density at radius 2 is 2.05 bits per heavy atom. The lowest BCUT2D eigenvalue weighted by atomic mass is 9.99. The molecule has 0 bridgehead atoms. The predicted octanol–water partition coefficient (Wildman–Crippen LogP) is 4.17. The van der Waals surface area contributed by atoms with Gasteiger partial charge in [-0.25, -0.2) is 0 Å². The molecule has 0 unspecified atom stereocenters. The SMILES string of the molecule is Cc1cccc(CCC(=O)N2CCc3c(Cl)cccc3C2)c1. The normalized spacial score (nSPS) is 13.8. The molecule has 0 aromatic heterocycles. The fraction of sp³-hybridized carbons (Fsp3) is 0.316. The third-order valence-electron chi connectivity index (χ3n) is 4.27. The van der Waals surface area contributed by atoms with E-state index in [-0.39, 0.29) is 5.91 Å². The zero-order chi connectivity index (χ0) is 15.5. The van der Waals surface area contributed by atoms with Crippen LogP contribution in [0.4, 0.5) is 0 Å². The molecule has 0 saturated carbocycles. The molecule has 1 heterocycles. The zero-order valence-corrected chi connectivity index (χ0v) is 13.6. The lowest BCUT2D eigenvalue weighted by Gasteiger charge is -2.29. The van der Waals surface area contributed by atoms with Crippen LogP contribution in [0.2, 0.25) is 5.02 Å². The molecule has 0 N–H and O–H groups in total. The number of benzene rings is 2. The van der Waals surface area contributed by atoms with Gasteiger partial charge < -0.3 is 4.90 Å². The van der Waals surface area contributed by atoms with E-state index in [0.29, 0.717) is 13.0 Å². The Hall–Kier alpha value is -1.80. The van der Waals surface area contributed by atoms with E-state index >= 15 is 0 Å². The largest absolute Gasteiger partial charge is 0.338 e. The van der Waals surface area contributed by atoms with Gasteiger partial charge in [-0.2, -0.15) is 0 Å². The second-order valence-electron chi connectivity index (χ2n) is 5.93. The van der Waals surface area contributed by atoms with Crippen LogP contribution in [-0.2, 0) is 24.2 Å². The van der Waals surface area contributed by atoms with Crippen LogP contribution in [0.3, 0.4) is 0 Å². The van der Waals surface area contributed by atoms with Crippen LogP contribution in [0.25, 0.3) is 0 Å². The van der Waals surface area contributed by atoms with E-state index in [1.807, 2.05) is 23.1 Å². The maximum absolute atomic E-state index is 12.4. The molecule has 0 saturated heterocycles. The maximum atomic E-state index is 12.4. The van der Waals surface area contributed by atoms with Crippen LogP contribution >= 0.6 is 11.6 Å². The Bertz CT molecular complexity index is 696. The number of nitrogens with zero attached hydrogens (tertiary/aromatic N) is 1. The van der Waals surface area contributed by atoms with Crippen LogP contribution < -0.4 is 0 Å². The maximum Gasteiger partial charge on any atom is 0.223 e. The van der Waals surface area contributed by atoms with Crippen molar-refractivity contribution < 1.29 is 4.79 Å². The summed E-state index contributed by atoms with van der Waals surface area (Å²) in [6, 6.07) is 14.3. The molecule has 1 amide bonds. The lowest BCUT2D eigenvalue weighted by Crippen LogP contribution is -2.36. The molecule has 114 valence electrons. The van der Waals surface area contributed by atoms with E-state index in [9.17, 15) is 4.79 Å². The lowest BCUT2D eigenvalue weighted by molar-refractivity contribution is -0.132. The van der Waals surface area contributed by atoms with Crippen molar-refractivity contribution in [2.45, 2.75) is 32.7 Å². The predicted molar refractivity (Wildman–Crippen MR) is 90.1 cm³/mol. The van der Waals surface area contributed by atoms with Gasteiger partial charge in [-0.15, -0.1) is 0 Å². The van der Waals surface area contributed by atoms with Gasteiger partial charge in [0.25, 0.3) is 0 Å². The molecule has 1 aliphatic rings. The van der Waals surface area contributed by atoms with Gasteiger partial charge in [0.1, 0.15) is 0 Å². The molecular formula is C19H20ClNO. The molecule has 2 nitrogen and oxygen atoms in total. The minimum atomic E-state index is 0.229. The molecule has 0 atom stereocenters. The summed E-state index contributed by atoms with van der Waals surface area (Å²) in [5, 5.41) is 0.823. The van der Waals surface area contributed by atoms with Gasteiger partial charge in [0.05, 0.1) is 0 Å². The van der Waals surface area contributed by atoms with E-state index in [2.05, 4.69) is 31.2 Å². The van der Waals surface area contributed by atoms with E-state index in [1.165, 1.54) is 22.3 Å². The minimum absolute atomic E-state index is 0.229. The Balaban J connectivity index is 1.62. The highest BCUT2D eigenvalue weighted by atomic mass is 35.5. The number of amides is 1. The summed E-state index contributed by atoms with van der Waals surface area (Å²) >= 11 is 6.22. The molecule has 0 spiro atoms. The topological polar surface area (TPSA) is 20.3 Å². The Labute approximate surface area is 136 Å². The average Bonchev–Trinajstić information content (AvgIpc) is 2.52. The van der Waals surface area contributed by atoms with Crippen molar-refractivity contribution >= 4 is 17.5 Å². The Morgan fingerprint density at radius 3 is 2.86 bits per heavy atom. The fourth-order valence-corrected chi connectivity index (χ4v) is 3.34. The summed E-state index contributed by atoms with van der Waals surface area (Å²) in [6.07, 6.45) is 2.23. The Kier molecular flexibility index (Phi) is 4.49. The number of hydrogen-bond acceptors (Lipinski definition) is 1. The number of aryl methyl sites for hydroxylation is 2. The third kappa shape index (κ3) is 3.33. The van der Waals surface area contributed by atoms with Crippen molar-refractivity contribution in [3.8, 4) is 0 Å². The number of halogens is 1. The van der Waals surface area contributed by atoms with Crippen molar-refractivity contribution in [1.82, 2.24) is 4.90 Å². The summed E-state index contributed by atoms with van der Waals surface area (Å²) in [6.45, 7) is 3.53. The van der Waals surface area contributed by atoms with Crippen LogP contribution in [0.1, 0.15) is 28.7 Å². The number of carbonyl (C=O) groups is 1. The van der Waals surface area contributed by atoms with Gasteiger partial charge in [0.2, 0.25) is 5.91 Å².